The lowest BCUT2D eigenvalue weighted by Gasteiger charge is -2.20. The van der Waals surface area contributed by atoms with Gasteiger partial charge in [0, 0.05) is 0 Å². The van der Waals surface area contributed by atoms with Crippen molar-refractivity contribution in [1.82, 2.24) is 9.55 Å². The van der Waals surface area contributed by atoms with Crippen molar-refractivity contribution in [2.45, 2.75) is 24.5 Å². The number of benzene rings is 2. The van der Waals surface area contributed by atoms with Gasteiger partial charge in [-0.15, -0.1) is 0 Å². The SMILES string of the molecule is O=C(OC[C@H]1O[C@@H](n2ccnc2[N+](=O)[O-])[C@H](O)[C@@H]1OC(=O)c1ccccc1)c1ccccc1. The van der Waals surface area contributed by atoms with Crippen molar-refractivity contribution in [3.8, 4) is 0 Å². The van der Waals surface area contributed by atoms with E-state index in [2.05, 4.69) is 4.98 Å². The Kier molecular flexibility index (Phi) is 6.43. The van der Waals surface area contributed by atoms with Crippen LogP contribution in [-0.4, -0.2) is 56.4 Å². The van der Waals surface area contributed by atoms with Gasteiger partial charge in [0.05, 0.1) is 11.1 Å². The lowest BCUT2D eigenvalue weighted by atomic mass is 10.1. The van der Waals surface area contributed by atoms with E-state index in [1.807, 2.05) is 0 Å². The van der Waals surface area contributed by atoms with Crippen LogP contribution < -0.4 is 0 Å². The third kappa shape index (κ3) is 4.73. The average molecular weight is 453 g/mol. The van der Waals surface area contributed by atoms with Crippen LogP contribution in [0.1, 0.15) is 26.9 Å². The van der Waals surface area contributed by atoms with Gasteiger partial charge < -0.3 is 29.4 Å². The van der Waals surface area contributed by atoms with E-state index in [1.165, 1.54) is 24.5 Å². The highest BCUT2D eigenvalue weighted by atomic mass is 16.6. The fraction of sp³-hybridized carbons (Fsp3) is 0.227. The van der Waals surface area contributed by atoms with E-state index in [4.69, 9.17) is 14.2 Å². The van der Waals surface area contributed by atoms with Crippen LogP contribution >= 0.6 is 0 Å². The monoisotopic (exact) mass is 453 g/mol. The second kappa shape index (κ2) is 9.59. The van der Waals surface area contributed by atoms with Crippen molar-refractivity contribution in [1.29, 1.82) is 0 Å². The summed E-state index contributed by atoms with van der Waals surface area (Å²) in [6.45, 7) is -0.365. The van der Waals surface area contributed by atoms with Gasteiger partial charge in [-0.25, -0.2) is 9.59 Å². The maximum absolute atomic E-state index is 12.6. The maximum atomic E-state index is 12.6. The highest BCUT2D eigenvalue weighted by Crippen LogP contribution is 2.34. The molecular weight excluding hydrogens is 434 g/mol. The molecule has 0 unspecified atom stereocenters. The molecule has 0 aliphatic carbocycles. The summed E-state index contributed by atoms with van der Waals surface area (Å²) in [5, 5.41) is 22.1. The number of hydrogen-bond acceptors (Lipinski definition) is 9. The minimum Gasteiger partial charge on any atom is -0.459 e. The molecule has 1 aliphatic rings. The second-order valence-corrected chi connectivity index (χ2v) is 7.15. The molecule has 11 nitrogen and oxygen atoms in total. The number of aromatic nitrogens is 2. The van der Waals surface area contributed by atoms with E-state index < -0.39 is 47.4 Å². The number of rotatable bonds is 7. The van der Waals surface area contributed by atoms with Crippen molar-refractivity contribution in [2.75, 3.05) is 6.61 Å². The van der Waals surface area contributed by atoms with Crippen LogP contribution in [0.3, 0.4) is 0 Å². The van der Waals surface area contributed by atoms with Crippen molar-refractivity contribution >= 4 is 17.9 Å². The zero-order valence-corrected chi connectivity index (χ0v) is 17.1. The van der Waals surface area contributed by atoms with Crippen LogP contribution in [0.2, 0.25) is 0 Å². The molecule has 1 fully saturated rings. The van der Waals surface area contributed by atoms with E-state index >= 15 is 0 Å². The number of esters is 2. The lowest BCUT2D eigenvalue weighted by molar-refractivity contribution is -0.398. The molecule has 0 bridgehead atoms. The van der Waals surface area contributed by atoms with E-state index in [9.17, 15) is 24.8 Å². The Balaban J connectivity index is 1.55. The molecular formula is C22H19N3O8. The van der Waals surface area contributed by atoms with Crippen LogP contribution in [-0.2, 0) is 14.2 Å². The van der Waals surface area contributed by atoms with E-state index in [0.29, 0.717) is 5.56 Å². The first-order valence-electron chi connectivity index (χ1n) is 9.94. The first-order chi connectivity index (χ1) is 16.0. The van der Waals surface area contributed by atoms with E-state index in [1.54, 1.807) is 48.5 Å². The standard InChI is InChI=1S/C22H19N3O8/c26-17-18(33-21(28)15-9-5-2-6-10-15)16(13-31-20(27)14-7-3-1-4-8-14)32-19(17)24-12-11-23-22(24)25(29)30/h1-12,16-19,26H,13H2/t16-,17-,18-,19-/m1/s1. The first kappa shape index (κ1) is 22.1. The summed E-state index contributed by atoms with van der Waals surface area (Å²) >= 11 is 0. The van der Waals surface area contributed by atoms with Gasteiger partial charge in [-0.2, -0.15) is 4.57 Å². The van der Waals surface area contributed by atoms with Gasteiger partial charge >= 0.3 is 17.9 Å². The Hall–Kier alpha value is -4.09. The Bertz CT molecular complexity index is 1130. The Labute approximate surface area is 187 Å². The third-order valence-electron chi connectivity index (χ3n) is 5.04. The van der Waals surface area contributed by atoms with Crippen molar-refractivity contribution in [3.05, 3.63) is 94.3 Å². The van der Waals surface area contributed by atoms with Crippen molar-refractivity contribution in [2.24, 2.45) is 0 Å². The van der Waals surface area contributed by atoms with Crippen molar-refractivity contribution in [3.63, 3.8) is 0 Å². The van der Waals surface area contributed by atoms with Gasteiger partial charge in [0.1, 0.15) is 25.1 Å². The number of carbonyl (C=O) groups is 2. The molecule has 0 saturated carbocycles. The molecule has 0 spiro atoms. The fourth-order valence-corrected chi connectivity index (χ4v) is 3.46. The van der Waals surface area contributed by atoms with Crippen LogP contribution in [0, 0.1) is 10.1 Å². The molecule has 4 atom stereocenters. The highest BCUT2D eigenvalue weighted by Gasteiger charge is 2.50. The summed E-state index contributed by atoms with van der Waals surface area (Å²) in [6, 6.07) is 16.3. The smallest absolute Gasteiger partial charge is 0.436 e. The summed E-state index contributed by atoms with van der Waals surface area (Å²) < 4.78 is 17.6. The van der Waals surface area contributed by atoms with Gasteiger partial charge in [0.2, 0.25) is 6.23 Å². The summed E-state index contributed by atoms with van der Waals surface area (Å²) in [4.78, 5) is 39.1. The number of aliphatic hydroxyl groups is 1. The number of ether oxygens (including phenoxy) is 3. The van der Waals surface area contributed by atoms with Gasteiger partial charge in [-0.05, 0) is 29.2 Å². The van der Waals surface area contributed by atoms with E-state index in [0.717, 1.165) is 4.57 Å². The average Bonchev–Trinajstić information content (AvgIpc) is 3.44. The van der Waals surface area contributed by atoms with Crippen LogP contribution in [0.5, 0.6) is 0 Å². The number of nitrogens with zero attached hydrogens (tertiary/aromatic N) is 3. The summed E-state index contributed by atoms with van der Waals surface area (Å²) in [5.74, 6) is -1.93. The highest BCUT2D eigenvalue weighted by molar-refractivity contribution is 5.90. The Morgan fingerprint density at radius 1 is 1.06 bits per heavy atom. The van der Waals surface area contributed by atoms with Gasteiger partial charge in [0.15, 0.2) is 12.2 Å². The first-order valence-corrected chi connectivity index (χ1v) is 9.94. The molecule has 0 radical (unpaired) electrons. The molecule has 1 aliphatic heterocycles. The largest absolute Gasteiger partial charge is 0.459 e. The molecule has 33 heavy (non-hydrogen) atoms. The minimum atomic E-state index is -1.49. The molecule has 4 rings (SSSR count). The van der Waals surface area contributed by atoms with Crippen LogP contribution in [0.15, 0.2) is 73.1 Å². The third-order valence-corrected chi connectivity index (χ3v) is 5.04. The summed E-state index contributed by atoms with van der Waals surface area (Å²) in [6.07, 6.45) is -2.70. The normalized spacial score (nSPS) is 22.0. The number of aliphatic hydroxyl groups excluding tert-OH is 1. The molecule has 2 heterocycles. The van der Waals surface area contributed by atoms with Crippen molar-refractivity contribution < 1.29 is 33.8 Å². The second-order valence-electron chi connectivity index (χ2n) is 7.15. The van der Waals surface area contributed by atoms with Crippen LogP contribution in [0.4, 0.5) is 5.95 Å². The Morgan fingerprint density at radius 2 is 1.67 bits per heavy atom. The molecule has 0 amide bonds. The number of hydrogen-bond donors (Lipinski definition) is 1. The molecule has 2 aromatic carbocycles. The zero-order valence-electron chi connectivity index (χ0n) is 17.1. The maximum Gasteiger partial charge on any atom is 0.436 e. The van der Waals surface area contributed by atoms with Gasteiger partial charge in [0.25, 0.3) is 0 Å². The number of imidazole rings is 1. The zero-order chi connectivity index (χ0) is 23.4. The lowest BCUT2D eigenvalue weighted by Crippen LogP contribution is -2.38. The quantitative estimate of drug-likeness (QED) is 0.323. The van der Waals surface area contributed by atoms with E-state index in [-0.39, 0.29) is 12.2 Å². The number of nitro groups is 1. The molecule has 1 aromatic heterocycles. The predicted octanol–water partition coefficient (Wildman–Crippen LogP) is 2.13. The van der Waals surface area contributed by atoms with Gasteiger partial charge in [-0.1, -0.05) is 41.4 Å². The summed E-state index contributed by atoms with van der Waals surface area (Å²) in [5.41, 5.74) is 0.539. The molecule has 1 saturated heterocycles. The fourth-order valence-electron chi connectivity index (χ4n) is 3.46. The molecule has 1 N–H and O–H groups in total. The molecule has 11 heteroatoms. The molecule has 3 aromatic rings. The Morgan fingerprint density at radius 3 is 2.27 bits per heavy atom. The predicted molar refractivity (Wildman–Crippen MR) is 111 cm³/mol. The van der Waals surface area contributed by atoms with Gasteiger partial charge in [-0.3, -0.25) is 0 Å². The number of carbonyl (C=O) groups excluding carboxylic acids is 2. The molecule has 170 valence electrons. The topological polar surface area (TPSA) is 143 Å². The van der Waals surface area contributed by atoms with Crippen LogP contribution in [0.25, 0.3) is 0 Å². The minimum absolute atomic E-state index is 0.238. The summed E-state index contributed by atoms with van der Waals surface area (Å²) in [7, 11) is 0.